The number of hydrogen-bond acceptors (Lipinski definition) is 5. The maximum absolute atomic E-state index is 12.0. The summed E-state index contributed by atoms with van der Waals surface area (Å²) in [5, 5.41) is 8.83. The number of rotatable bonds is 5. The second-order valence-electron chi connectivity index (χ2n) is 4.44. The van der Waals surface area contributed by atoms with Crippen LogP contribution in [0.5, 0.6) is 5.88 Å². The van der Waals surface area contributed by atoms with Gasteiger partial charge in [-0.15, -0.1) is 0 Å². The van der Waals surface area contributed by atoms with Crippen molar-refractivity contribution in [3.8, 4) is 5.88 Å². The summed E-state index contributed by atoms with van der Waals surface area (Å²) in [6.07, 6.45) is 2.39. The molecule has 1 fully saturated rings. The number of likely N-dealkylation sites (N-methyl/N-ethyl adjacent to an activating group) is 1. The molecule has 6 heteroatoms. The average molecular weight is 266 g/mol. The quantitative estimate of drug-likeness (QED) is 0.830. The first-order chi connectivity index (χ1) is 9.20. The van der Waals surface area contributed by atoms with Crippen molar-refractivity contribution in [1.29, 1.82) is 0 Å². The van der Waals surface area contributed by atoms with Gasteiger partial charge in [-0.05, 0) is 6.07 Å². The van der Waals surface area contributed by atoms with E-state index in [1.54, 1.807) is 25.4 Å². The number of carbonyl (C=O) groups excluding carboxylic acids is 1. The van der Waals surface area contributed by atoms with E-state index >= 15 is 0 Å². The lowest BCUT2D eigenvalue weighted by atomic mass is 10.2. The average Bonchev–Trinajstić information content (AvgIpc) is 2.91. The normalized spacial score (nSPS) is 18.3. The van der Waals surface area contributed by atoms with Gasteiger partial charge in [0.25, 0.3) is 5.91 Å². The molecular weight excluding hydrogens is 248 g/mol. The SMILES string of the molecule is CN(CCO)C(=O)c1ccnc(OC2CCOC2)c1. The lowest BCUT2D eigenvalue weighted by Crippen LogP contribution is -2.29. The van der Waals surface area contributed by atoms with E-state index < -0.39 is 0 Å². The number of nitrogens with zero attached hydrogens (tertiary/aromatic N) is 2. The summed E-state index contributed by atoms with van der Waals surface area (Å²) in [4.78, 5) is 17.6. The van der Waals surface area contributed by atoms with Gasteiger partial charge in [-0.3, -0.25) is 4.79 Å². The van der Waals surface area contributed by atoms with Crippen LogP contribution in [0.1, 0.15) is 16.8 Å². The zero-order chi connectivity index (χ0) is 13.7. The van der Waals surface area contributed by atoms with Gasteiger partial charge in [0.05, 0.1) is 19.8 Å². The Labute approximate surface area is 112 Å². The number of amides is 1. The van der Waals surface area contributed by atoms with Gasteiger partial charge in [-0.25, -0.2) is 4.98 Å². The highest BCUT2D eigenvalue weighted by atomic mass is 16.5. The summed E-state index contributed by atoms with van der Waals surface area (Å²) >= 11 is 0. The van der Waals surface area contributed by atoms with E-state index in [-0.39, 0.29) is 18.6 Å². The van der Waals surface area contributed by atoms with Gasteiger partial charge < -0.3 is 19.5 Å². The number of ether oxygens (including phenoxy) is 2. The number of pyridine rings is 1. The van der Waals surface area contributed by atoms with E-state index in [1.165, 1.54) is 4.90 Å². The molecule has 0 spiro atoms. The van der Waals surface area contributed by atoms with Crippen LogP contribution in [0, 0.1) is 0 Å². The molecule has 1 N–H and O–H groups in total. The fraction of sp³-hybridized carbons (Fsp3) is 0.538. The Morgan fingerprint density at radius 3 is 3.21 bits per heavy atom. The predicted molar refractivity (Wildman–Crippen MR) is 68.1 cm³/mol. The Kier molecular flexibility index (Phi) is 4.70. The molecule has 104 valence electrons. The first-order valence-electron chi connectivity index (χ1n) is 6.27. The minimum atomic E-state index is -0.163. The van der Waals surface area contributed by atoms with Crippen molar-refractivity contribution in [3.05, 3.63) is 23.9 Å². The smallest absolute Gasteiger partial charge is 0.253 e. The van der Waals surface area contributed by atoms with E-state index in [9.17, 15) is 4.79 Å². The van der Waals surface area contributed by atoms with Crippen LogP contribution in [0.2, 0.25) is 0 Å². The number of aliphatic hydroxyl groups excluding tert-OH is 1. The summed E-state index contributed by atoms with van der Waals surface area (Å²) < 4.78 is 10.9. The van der Waals surface area contributed by atoms with Gasteiger partial charge in [-0.1, -0.05) is 0 Å². The van der Waals surface area contributed by atoms with E-state index in [0.29, 0.717) is 31.2 Å². The third-order valence-corrected chi connectivity index (χ3v) is 2.94. The van der Waals surface area contributed by atoms with Crippen molar-refractivity contribution >= 4 is 5.91 Å². The predicted octanol–water partition coefficient (Wildman–Crippen LogP) is 0.314. The van der Waals surface area contributed by atoms with Crippen LogP contribution in [0.15, 0.2) is 18.3 Å². The standard InChI is InChI=1S/C13H18N2O4/c1-15(5-6-16)13(17)10-2-4-14-12(8-10)19-11-3-7-18-9-11/h2,4,8,11,16H,3,5-7,9H2,1H3. The molecule has 1 atom stereocenters. The van der Waals surface area contributed by atoms with Crippen molar-refractivity contribution in [2.45, 2.75) is 12.5 Å². The largest absolute Gasteiger partial charge is 0.472 e. The third-order valence-electron chi connectivity index (χ3n) is 2.94. The summed E-state index contributed by atoms with van der Waals surface area (Å²) in [7, 11) is 1.64. The highest BCUT2D eigenvalue weighted by molar-refractivity contribution is 5.94. The van der Waals surface area contributed by atoms with E-state index in [2.05, 4.69) is 4.98 Å². The van der Waals surface area contributed by atoms with Crippen molar-refractivity contribution < 1.29 is 19.4 Å². The Morgan fingerprint density at radius 1 is 1.68 bits per heavy atom. The Hall–Kier alpha value is -1.66. The molecule has 0 aliphatic carbocycles. The molecule has 19 heavy (non-hydrogen) atoms. The van der Waals surface area contributed by atoms with Crippen LogP contribution >= 0.6 is 0 Å². The Balaban J connectivity index is 2.03. The van der Waals surface area contributed by atoms with Gasteiger partial charge in [0.15, 0.2) is 0 Å². The number of hydrogen-bond donors (Lipinski definition) is 1. The van der Waals surface area contributed by atoms with Gasteiger partial charge in [0.1, 0.15) is 6.10 Å². The van der Waals surface area contributed by atoms with Gasteiger partial charge >= 0.3 is 0 Å². The van der Waals surface area contributed by atoms with Gasteiger partial charge in [-0.2, -0.15) is 0 Å². The molecule has 0 bridgehead atoms. The summed E-state index contributed by atoms with van der Waals surface area (Å²) in [5.41, 5.74) is 0.500. The number of aromatic nitrogens is 1. The van der Waals surface area contributed by atoms with Crippen LogP contribution in [0.3, 0.4) is 0 Å². The monoisotopic (exact) mass is 266 g/mol. The molecule has 0 saturated carbocycles. The molecule has 2 rings (SSSR count). The molecule has 0 radical (unpaired) electrons. The van der Waals surface area contributed by atoms with E-state index in [4.69, 9.17) is 14.6 Å². The fourth-order valence-electron chi connectivity index (χ4n) is 1.86. The second kappa shape index (κ2) is 6.49. The topological polar surface area (TPSA) is 71.9 Å². The molecule has 0 aromatic carbocycles. The molecule has 1 aliphatic heterocycles. The fourth-order valence-corrected chi connectivity index (χ4v) is 1.86. The van der Waals surface area contributed by atoms with Crippen LogP contribution in [0.25, 0.3) is 0 Å². The number of carbonyl (C=O) groups is 1. The Bertz CT molecular complexity index is 432. The van der Waals surface area contributed by atoms with Crippen molar-refractivity contribution in [2.24, 2.45) is 0 Å². The maximum atomic E-state index is 12.0. The summed E-state index contributed by atoms with van der Waals surface area (Å²) in [6, 6.07) is 3.25. The lowest BCUT2D eigenvalue weighted by Gasteiger charge is -2.16. The van der Waals surface area contributed by atoms with Crippen LogP contribution in [-0.4, -0.2) is 60.4 Å². The zero-order valence-corrected chi connectivity index (χ0v) is 10.9. The molecule has 6 nitrogen and oxygen atoms in total. The van der Waals surface area contributed by atoms with Crippen molar-refractivity contribution in [1.82, 2.24) is 9.88 Å². The summed E-state index contributed by atoms with van der Waals surface area (Å²) in [5.74, 6) is 0.266. The first kappa shape index (κ1) is 13.8. The molecule has 1 saturated heterocycles. The van der Waals surface area contributed by atoms with Crippen molar-refractivity contribution in [2.75, 3.05) is 33.4 Å². The molecule has 1 unspecified atom stereocenters. The molecule has 2 heterocycles. The molecule has 1 aromatic rings. The lowest BCUT2D eigenvalue weighted by molar-refractivity contribution is 0.0765. The second-order valence-corrected chi connectivity index (χ2v) is 4.44. The van der Waals surface area contributed by atoms with Gasteiger partial charge in [0.2, 0.25) is 5.88 Å². The maximum Gasteiger partial charge on any atom is 0.253 e. The molecular formula is C13H18N2O4. The van der Waals surface area contributed by atoms with Crippen LogP contribution < -0.4 is 4.74 Å². The van der Waals surface area contributed by atoms with E-state index in [0.717, 1.165) is 6.42 Å². The van der Waals surface area contributed by atoms with Crippen LogP contribution in [-0.2, 0) is 4.74 Å². The highest BCUT2D eigenvalue weighted by Gasteiger charge is 2.19. The summed E-state index contributed by atoms with van der Waals surface area (Å²) in [6.45, 7) is 1.50. The van der Waals surface area contributed by atoms with Crippen LogP contribution in [0.4, 0.5) is 0 Å². The molecule has 1 aromatic heterocycles. The first-order valence-corrected chi connectivity index (χ1v) is 6.27. The zero-order valence-electron chi connectivity index (χ0n) is 10.9. The minimum Gasteiger partial charge on any atom is -0.472 e. The molecule has 1 amide bonds. The van der Waals surface area contributed by atoms with Crippen molar-refractivity contribution in [3.63, 3.8) is 0 Å². The Morgan fingerprint density at radius 2 is 2.53 bits per heavy atom. The minimum absolute atomic E-state index is 0.00743. The molecule has 1 aliphatic rings. The third kappa shape index (κ3) is 3.65. The van der Waals surface area contributed by atoms with E-state index in [1.807, 2.05) is 0 Å². The highest BCUT2D eigenvalue weighted by Crippen LogP contribution is 2.16. The van der Waals surface area contributed by atoms with Gasteiger partial charge in [0, 0.05) is 37.8 Å². The number of aliphatic hydroxyl groups is 1.